The Labute approximate surface area is 198 Å². The third-order valence-electron chi connectivity index (χ3n) is 5.64. The lowest BCUT2D eigenvalue weighted by Gasteiger charge is -2.35. The van der Waals surface area contributed by atoms with Crippen LogP contribution >= 0.6 is 23.2 Å². The van der Waals surface area contributed by atoms with Gasteiger partial charge in [-0.3, -0.25) is 4.79 Å². The van der Waals surface area contributed by atoms with Gasteiger partial charge in [0.1, 0.15) is 11.6 Å². The monoisotopic (exact) mass is 485 g/mol. The molecule has 10 heteroatoms. The molecule has 0 saturated carbocycles. The molecule has 0 N–H and O–H groups in total. The average Bonchev–Trinajstić information content (AvgIpc) is 3.19. The summed E-state index contributed by atoms with van der Waals surface area (Å²) in [7, 11) is 0. The lowest BCUT2D eigenvalue weighted by molar-refractivity contribution is 0.0748. The summed E-state index contributed by atoms with van der Waals surface area (Å²) >= 11 is 12.2. The number of piperazine rings is 1. The molecule has 1 aliphatic rings. The first-order valence-corrected chi connectivity index (χ1v) is 11.0. The van der Waals surface area contributed by atoms with Gasteiger partial charge in [0.15, 0.2) is 0 Å². The van der Waals surface area contributed by atoms with Crippen LogP contribution in [0.4, 0.5) is 10.2 Å². The van der Waals surface area contributed by atoms with Crippen molar-refractivity contribution in [2.45, 2.75) is 6.92 Å². The SMILES string of the molecule is Cc1noc2nc(-c3ccc(F)cc3)cc(C(=O)N3CCN(c4ncc(Cl)cc4Cl)CC3)c12. The van der Waals surface area contributed by atoms with Crippen molar-refractivity contribution in [3.63, 3.8) is 0 Å². The highest BCUT2D eigenvalue weighted by Crippen LogP contribution is 2.30. The first-order chi connectivity index (χ1) is 15.9. The number of carbonyl (C=O) groups excluding carboxylic acids is 1. The van der Waals surface area contributed by atoms with Crippen LogP contribution in [0.2, 0.25) is 10.0 Å². The van der Waals surface area contributed by atoms with Crippen molar-refractivity contribution < 1.29 is 13.7 Å². The van der Waals surface area contributed by atoms with Crippen molar-refractivity contribution >= 4 is 46.0 Å². The molecule has 0 radical (unpaired) electrons. The van der Waals surface area contributed by atoms with Gasteiger partial charge in [-0.25, -0.2) is 14.4 Å². The number of carbonyl (C=O) groups is 1. The fourth-order valence-corrected chi connectivity index (χ4v) is 4.46. The second-order valence-corrected chi connectivity index (χ2v) is 8.59. The fraction of sp³-hybridized carbons (Fsp3) is 0.217. The van der Waals surface area contributed by atoms with Crippen LogP contribution < -0.4 is 4.90 Å². The molecule has 0 unspecified atom stereocenters. The molecule has 1 amide bonds. The van der Waals surface area contributed by atoms with Gasteiger partial charge >= 0.3 is 0 Å². The van der Waals surface area contributed by atoms with E-state index in [1.54, 1.807) is 42.3 Å². The van der Waals surface area contributed by atoms with E-state index in [0.29, 0.717) is 69.9 Å². The quantitative estimate of drug-likeness (QED) is 0.406. The highest BCUT2D eigenvalue weighted by molar-refractivity contribution is 6.36. The number of amides is 1. The molecule has 0 spiro atoms. The Morgan fingerprint density at radius 3 is 2.52 bits per heavy atom. The zero-order valence-electron chi connectivity index (χ0n) is 17.6. The molecule has 0 atom stereocenters. The van der Waals surface area contributed by atoms with Crippen molar-refractivity contribution in [1.82, 2.24) is 20.0 Å². The summed E-state index contributed by atoms with van der Waals surface area (Å²) < 4.78 is 18.7. The normalized spacial score (nSPS) is 14.2. The molecule has 4 aromatic rings. The molecule has 3 aromatic heterocycles. The van der Waals surface area contributed by atoms with Crippen LogP contribution in [0.15, 0.2) is 47.1 Å². The minimum absolute atomic E-state index is 0.146. The number of aromatic nitrogens is 3. The maximum Gasteiger partial charge on any atom is 0.259 e. The minimum Gasteiger partial charge on any atom is -0.352 e. The number of hydrogen-bond donors (Lipinski definition) is 0. The van der Waals surface area contributed by atoms with Gasteiger partial charge in [-0.1, -0.05) is 28.4 Å². The Hall–Kier alpha value is -3.23. The first kappa shape index (κ1) is 21.6. The van der Waals surface area contributed by atoms with Crippen LogP contribution in [0, 0.1) is 12.7 Å². The van der Waals surface area contributed by atoms with Gasteiger partial charge in [0, 0.05) is 37.9 Å². The predicted octanol–water partition coefficient (Wildman–Crippen LogP) is 5.00. The number of hydrogen-bond acceptors (Lipinski definition) is 6. The summed E-state index contributed by atoms with van der Waals surface area (Å²) in [4.78, 5) is 26.2. The molecule has 0 aliphatic carbocycles. The van der Waals surface area contributed by atoms with Crippen molar-refractivity contribution in [1.29, 1.82) is 0 Å². The maximum atomic E-state index is 13.5. The van der Waals surface area contributed by atoms with Crippen LogP contribution in [-0.4, -0.2) is 52.1 Å². The van der Waals surface area contributed by atoms with E-state index in [-0.39, 0.29) is 17.4 Å². The van der Waals surface area contributed by atoms with E-state index in [9.17, 15) is 9.18 Å². The topological polar surface area (TPSA) is 75.4 Å². The summed E-state index contributed by atoms with van der Waals surface area (Å²) in [5, 5.41) is 5.52. The third kappa shape index (κ3) is 4.12. The summed E-state index contributed by atoms with van der Waals surface area (Å²) in [6.45, 7) is 3.89. The second kappa shape index (κ2) is 8.61. The Morgan fingerprint density at radius 1 is 1.09 bits per heavy atom. The number of benzene rings is 1. The molecule has 0 bridgehead atoms. The van der Waals surface area contributed by atoms with Crippen LogP contribution in [0.1, 0.15) is 16.1 Å². The zero-order valence-corrected chi connectivity index (χ0v) is 19.1. The van der Waals surface area contributed by atoms with Gasteiger partial charge in [0.2, 0.25) is 0 Å². The molecule has 1 aliphatic heterocycles. The number of fused-ring (bicyclic) bond motifs is 1. The van der Waals surface area contributed by atoms with Gasteiger partial charge in [-0.05, 0) is 43.3 Å². The number of halogens is 3. The van der Waals surface area contributed by atoms with E-state index >= 15 is 0 Å². The molecular weight excluding hydrogens is 468 g/mol. The van der Waals surface area contributed by atoms with Crippen molar-refractivity contribution in [2.75, 3.05) is 31.1 Å². The molecule has 5 rings (SSSR count). The first-order valence-electron chi connectivity index (χ1n) is 10.3. The van der Waals surface area contributed by atoms with E-state index in [2.05, 4.69) is 15.1 Å². The van der Waals surface area contributed by atoms with Crippen LogP contribution in [0.25, 0.3) is 22.4 Å². The summed E-state index contributed by atoms with van der Waals surface area (Å²) in [5.74, 6) is 0.152. The highest BCUT2D eigenvalue weighted by atomic mass is 35.5. The number of rotatable bonds is 3. The maximum absolute atomic E-state index is 13.5. The van der Waals surface area contributed by atoms with Crippen LogP contribution in [0.3, 0.4) is 0 Å². The van der Waals surface area contributed by atoms with Crippen LogP contribution in [0.5, 0.6) is 0 Å². The van der Waals surface area contributed by atoms with Crippen LogP contribution in [-0.2, 0) is 0 Å². The number of nitrogens with zero attached hydrogens (tertiary/aromatic N) is 5. The second-order valence-electron chi connectivity index (χ2n) is 7.75. The van der Waals surface area contributed by atoms with E-state index < -0.39 is 0 Å². The Kier molecular flexibility index (Phi) is 5.64. The molecule has 1 aromatic carbocycles. The van der Waals surface area contributed by atoms with E-state index in [1.807, 2.05) is 4.90 Å². The summed E-state index contributed by atoms with van der Waals surface area (Å²) in [6, 6.07) is 9.30. The predicted molar refractivity (Wildman–Crippen MR) is 124 cm³/mol. The largest absolute Gasteiger partial charge is 0.352 e. The molecule has 33 heavy (non-hydrogen) atoms. The molecule has 1 saturated heterocycles. The average molecular weight is 486 g/mol. The highest BCUT2D eigenvalue weighted by Gasteiger charge is 2.27. The minimum atomic E-state index is -0.347. The summed E-state index contributed by atoms with van der Waals surface area (Å²) in [6.07, 6.45) is 1.56. The lowest BCUT2D eigenvalue weighted by Crippen LogP contribution is -2.49. The molecular formula is C23H18Cl2FN5O2. The zero-order chi connectivity index (χ0) is 23.1. The van der Waals surface area contributed by atoms with E-state index in [1.165, 1.54) is 12.1 Å². The Bertz CT molecular complexity index is 1350. The molecule has 168 valence electrons. The third-order valence-corrected chi connectivity index (χ3v) is 6.13. The standard InChI is InChI=1S/C23H18Cl2FN5O2/c1-13-20-17(11-19(28-22(20)33-29-13)14-2-4-16(26)5-3-14)23(32)31-8-6-30(7-9-31)21-18(25)10-15(24)12-27-21/h2-5,10-12H,6-9H2,1H3. The number of anilines is 1. The van der Waals surface area contributed by atoms with Crippen molar-refractivity contribution in [3.05, 3.63) is 69.7 Å². The lowest BCUT2D eigenvalue weighted by atomic mass is 10.0. The fourth-order valence-electron chi connectivity index (χ4n) is 3.96. The van der Waals surface area contributed by atoms with Gasteiger partial charge in [0.05, 0.1) is 32.4 Å². The van der Waals surface area contributed by atoms with Gasteiger partial charge in [-0.2, -0.15) is 0 Å². The van der Waals surface area contributed by atoms with Gasteiger partial charge in [-0.15, -0.1) is 0 Å². The molecule has 4 heterocycles. The van der Waals surface area contributed by atoms with Crippen molar-refractivity contribution in [3.8, 4) is 11.3 Å². The Balaban J connectivity index is 1.43. The molecule has 7 nitrogen and oxygen atoms in total. The Morgan fingerprint density at radius 2 is 1.82 bits per heavy atom. The van der Waals surface area contributed by atoms with E-state index in [0.717, 1.165) is 0 Å². The van der Waals surface area contributed by atoms with Crippen molar-refractivity contribution in [2.24, 2.45) is 0 Å². The van der Waals surface area contributed by atoms with Gasteiger partial charge in [0.25, 0.3) is 11.6 Å². The van der Waals surface area contributed by atoms with Gasteiger partial charge < -0.3 is 14.3 Å². The number of aryl methyl sites for hydroxylation is 1. The number of pyridine rings is 2. The van der Waals surface area contributed by atoms with E-state index in [4.69, 9.17) is 27.7 Å². The smallest absolute Gasteiger partial charge is 0.259 e. The molecule has 1 fully saturated rings. The summed E-state index contributed by atoms with van der Waals surface area (Å²) in [5.41, 5.74) is 2.50.